The van der Waals surface area contributed by atoms with Crippen LogP contribution in [0.2, 0.25) is 0 Å². The summed E-state index contributed by atoms with van der Waals surface area (Å²) in [6.07, 6.45) is 4.98. The molecule has 2 rings (SSSR count). The minimum Gasteiger partial charge on any atom is -0.357 e. The van der Waals surface area contributed by atoms with E-state index < -0.39 is 0 Å². The third-order valence-corrected chi connectivity index (χ3v) is 4.30. The molecule has 134 valence electrons. The van der Waals surface area contributed by atoms with Crippen molar-refractivity contribution in [2.45, 2.75) is 39.7 Å². The van der Waals surface area contributed by atoms with Crippen LogP contribution in [-0.2, 0) is 6.54 Å². The van der Waals surface area contributed by atoms with Crippen molar-refractivity contribution >= 4 is 41.3 Å². The highest BCUT2D eigenvalue weighted by Crippen LogP contribution is 2.18. The SMILES string of the molecule is CCNC(=NCC(C)c1ccsc1)NCCCn1cc(C)cn1.I. The summed E-state index contributed by atoms with van der Waals surface area (Å²) in [4.78, 5) is 4.69. The number of thiophene rings is 1. The van der Waals surface area contributed by atoms with E-state index in [1.165, 1.54) is 11.1 Å². The number of aryl methyl sites for hydroxylation is 2. The molecule has 0 aliphatic heterocycles. The van der Waals surface area contributed by atoms with Gasteiger partial charge in [-0.25, -0.2) is 0 Å². The number of hydrogen-bond donors (Lipinski definition) is 2. The summed E-state index contributed by atoms with van der Waals surface area (Å²) in [5, 5.41) is 15.3. The van der Waals surface area contributed by atoms with Crippen LogP contribution in [0.3, 0.4) is 0 Å². The highest BCUT2D eigenvalue weighted by molar-refractivity contribution is 14.0. The van der Waals surface area contributed by atoms with Crippen molar-refractivity contribution in [3.05, 3.63) is 40.3 Å². The van der Waals surface area contributed by atoms with Crippen molar-refractivity contribution in [1.29, 1.82) is 0 Å². The lowest BCUT2D eigenvalue weighted by Crippen LogP contribution is -2.38. The lowest BCUT2D eigenvalue weighted by Gasteiger charge is -2.13. The number of rotatable bonds is 8. The predicted molar refractivity (Wildman–Crippen MR) is 114 cm³/mol. The van der Waals surface area contributed by atoms with Crippen molar-refractivity contribution in [3.8, 4) is 0 Å². The van der Waals surface area contributed by atoms with Gasteiger partial charge in [0, 0.05) is 38.3 Å². The molecule has 1 unspecified atom stereocenters. The summed E-state index contributed by atoms with van der Waals surface area (Å²) in [7, 11) is 0. The Balaban J connectivity index is 0.00000288. The van der Waals surface area contributed by atoms with Gasteiger partial charge in [0.05, 0.1) is 6.20 Å². The Labute approximate surface area is 166 Å². The first-order chi connectivity index (χ1) is 11.2. The van der Waals surface area contributed by atoms with Gasteiger partial charge in [-0.3, -0.25) is 9.67 Å². The molecule has 0 saturated heterocycles. The zero-order chi connectivity index (χ0) is 16.5. The molecule has 2 N–H and O–H groups in total. The van der Waals surface area contributed by atoms with Crippen molar-refractivity contribution in [2.75, 3.05) is 19.6 Å². The van der Waals surface area contributed by atoms with Crippen LogP contribution in [0, 0.1) is 6.92 Å². The van der Waals surface area contributed by atoms with Gasteiger partial charge >= 0.3 is 0 Å². The second kappa shape index (κ2) is 11.5. The number of nitrogens with one attached hydrogen (secondary N) is 2. The molecule has 0 spiro atoms. The number of aromatic nitrogens is 2. The topological polar surface area (TPSA) is 54.2 Å². The van der Waals surface area contributed by atoms with Crippen LogP contribution in [0.4, 0.5) is 0 Å². The molecular formula is C17H28IN5S. The molecule has 5 nitrogen and oxygen atoms in total. The highest BCUT2D eigenvalue weighted by atomic mass is 127. The molecule has 24 heavy (non-hydrogen) atoms. The molecule has 2 aromatic rings. The first-order valence-corrected chi connectivity index (χ1v) is 9.16. The van der Waals surface area contributed by atoms with Gasteiger partial charge in [0.1, 0.15) is 0 Å². The van der Waals surface area contributed by atoms with E-state index in [1.54, 1.807) is 11.3 Å². The van der Waals surface area contributed by atoms with E-state index in [1.807, 2.05) is 10.9 Å². The smallest absolute Gasteiger partial charge is 0.191 e. The Kier molecular flexibility index (Phi) is 10.0. The molecule has 0 saturated carbocycles. The molecule has 0 bridgehead atoms. The molecule has 0 aliphatic rings. The lowest BCUT2D eigenvalue weighted by atomic mass is 10.1. The number of nitrogens with zero attached hydrogens (tertiary/aromatic N) is 3. The summed E-state index contributed by atoms with van der Waals surface area (Å²) in [6.45, 7) is 9.85. The van der Waals surface area contributed by atoms with E-state index in [-0.39, 0.29) is 24.0 Å². The summed E-state index contributed by atoms with van der Waals surface area (Å²) >= 11 is 1.74. The Morgan fingerprint density at radius 2 is 2.25 bits per heavy atom. The maximum absolute atomic E-state index is 4.69. The standard InChI is InChI=1S/C17H27N5S.HI/c1-4-18-17(20-11-15(3)16-6-9-23-13-16)19-7-5-8-22-12-14(2)10-21-22;/h6,9-10,12-13,15H,4-5,7-8,11H2,1-3H3,(H2,18,19,20);1H. The van der Waals surface area contributed by atoms with Crippen LogP contribution in [-0.4, -0.2) is 35.4 Å². The Morgan fingerprint density at radius 3 is 2.88 bits per heavy atom. The maximum atomic E-state index is 4.69. The van der Waals surface area contributed by atoms with Crippen molar-refractivity contribution < 1.29 is 0 Å². The molecule has 0 aromatic carbocycles. The Morgan fingerprint density at radius 1 is 1.42 bits per heavy atom. The first-order valence-electron chi connectivity index (χ1n) is 8.22. The summed E-state index contributed by atoms with van der Waals surface area (Å²) in [6, 6.07) is 2.18. The fraction of sp³-hybridized carbons (Fsp3) is 0.529. The van der Waals surface area contributed by atoms with Gasteiger partial charge in [-0.05, 0) is 48.2 Å². The van der Waals surface area contributed by atoms with Crippen LogP contribution >= 0.6 is 35.3 Å². The van der Waals surface area contributed by atoms with Crippen molar-refractivity contribution in [3.63, 3.8) is 0 Å². The van der Waals surface area contributed by atoms with Gasteiger partial charge in [0.25, 0.3) is 0 Å². The van der Waals surface area contributed by atoms with Crippen molar-refractivity contribution in [2.24, 2.45) is 4.99 Å². The number of halogens is 1. The largest absolute Gasteiger partial charge is 0.357 e. The van der Waals surface area contributed by atoms with Crippen LogP contribution < -0.4 is 10.6 Å². The molecule has 7 heteroatoms. The van der Waals surface area contributed by atoms with Crippen LogP contribution in [0.1, 0.15) is 37.3 Å². The first kappa shape index (κ1) is 21.0. The van der Waals surface area contributed by atoms with Crippen LogP contribution in [0.5, 0.6) is 0 Å². The van der Waals surface area contributed by atoms with Crippen LogP contribution in [0.15, 0.2) is 34.2 Å². The normalized spacial score (nSPS) is 12.5. The molecule has 0 aliphatic carbocycles. The molecule has 2 heterocycles. The number of aliphatic imine (C=N–C) groups is 1. The van der Waals surface area contributed by atoms with Gasteiger partial charge < -0.3 is 10.6 Å². The molecule has 1 atom stereocenters. The fourth-order valence-corrected chi connectivity index (χ4v) is 3.05. The lowest BCUT2D eigenvalue weighted by molar-refractivity contribution is 0.569. The van der Waals surface area contributed by atoms with Gasteiger partial charge in [0.15, 0.2) is 5.96 Å². The Hall–Kier alpha value is -1.09. The third kappa shape index (κ3) is 7.21. The van der Waals surface area contributed by atoms with E-state index >= 15 is 0 Å². The van der Waals surface area contributed by atoms with Gasteiger partial charge in [-0.15, -0.1) is 24.0 Å². The zero-order valence-corrected chi connectivity index (χ0v) is 17.8. The summed E-state index contributed by atoms with van der Waals surface area (Å²) in [5.41, 5.74) is 2.57. The fourth-order valence-electron chi connectivity index (χ4n) is 2.27. The average molecular weight is 461 g/mol. The number of hydrogen-bond acceptors (Lipinski definition) is 3. The highest BCUT2D eigenvalue weighted by Gasteiger charge is 2.05. The van der Waals surface area contributed by atoms with Gasteiger partial charge in [0.2, 0.25) is 0 Å². The average Bonchev–Trinajstić information content (AvgIpc) is 3.20. The molecular weight excluding hydrogens is 433 g/mol. The molecule has 0 fully saturated rings. The molecule has 0 amide bonds. The molecule has 2 aromatic heterocycles. The second-order valence-corrected chi connectivity index (χ2v) is 6.52. The minimum absolute atomic E-state index is 0. The van der Waals surface area contributed by atoms with E-state index in [2.05, 4.69) is 59.5 Å². The monoisotopic (exact) mass is 461 g/mol. The van der Waals surface area contributed by atoms with Gasteiger partial charge in [-0.1, -0.05) is 6.92 Å². The second-order valence-electron chi connectivity index (χ2n) is 5.74. The summed E-state index contributed by atoms with van der Waals surface area (Å²) < 4.78 is 1.99. The van der Waals surface area contributed by atoms with Crippen molar-refractivity contribution in [1.82, 2.24) is 20.4 Å². The zero-order valence-electron chi connectivity index (χ0n) is 14.7. The van der Waals surface area contributed by atoms with E-state index in [0.717, 1.165) is 38.6 Å². The maximum Gasteiger partial charge on any atom is 0.191 e. The number of guanidine groups is 1. The van der Waals surface area contributed by atoms with E-state index in [9.17, 15) is 0 Å². The third-order valence-electron chi connectivity index (χ3n) is 3.60. The molecule has 0 radical (unpaired) electrons. The minimum atomic E-state index is 0. The van der Waals surface area contributed by atoms with E-state index in [4.69, 9.17) is 4.99 Å². The van der Waals surface area contributed by atoms with Crippen LogP contribution in [0.25, 0.3) is 0 Å². The summed E-state index contributed by atoms with van der Waals surface area (Å²) in [5.74, 6) is 1.34. The Bertz CT molecular complexity index is 594. The quantitative estimate of drug-likeness (QED) is 0.273. The van der Waals surface area contributed by atoms with Gasteiger partial charge in [-0.2, -0.15) is 16.4 Å². The van der Waals surface area contributed by atoms with E-state index in [0.29, 0.717) is 5.92 Å². The predicted octanol–water partition coefficient (Wildman–Crippen LogP) is 3.62.